The van der Waals surface area contributed by atoms with Crippen LogP contribution in [0.5, 0.6) is 5.75 Å². The van der Waals surface area contributed by atoms with Crippen molar-refractivity contribution in [2.75, 3.05) is 32.7 Å². The number of nitrogens with two attached hydrogens (primary N) is 2. The summed E-state index contributed by atoms with van der Waals surface area (Å²) in [6.07, 6.45) is 5.09. The SMILES string of the molecule is CC(=O)NC1CCCC1C(=O)N[C@@H](CCCCN)C(=O)NC1CNCC1C(=O)N[C@@H](Cc1ccc(O)cc1)C(=O)NC1CCCC1C(=O)N[C@@H](CCCCC(=O)O)C(=O)NC1CNCC1C(=O)N[C@@H](C)C(N)=O. The zero-order valence-electron chi connectivity index (χ0n) is 41.8. The molecule has 5 rings (SSSR count). The van der Waals surface area contributed by atoms with E-state index in [1.165, 1.54) is 26.0 Å². The number of primary amides is 1. The van der Waals surface area contributed by atoms with Crippen LogP contribution < -0.4 is 64.6 Å². The van der Waals surface area contributed by atoms with Gasteiger partial charge in [0.2, 0.25) is 53.2 Å². The summed E-state index contributed by atoms with van der Waals surface area (Å²) in [5.74, 6) is -8.52. The molecule has 2 aliphatic carbocycles. The van der Waals surface area contributed by atoms with E-state index in [9.17, 15) is 58.2 Å². The topological polar surface area (TPSA) is 383 Å². The van der Waals surface area contributed by atoms with E-state index in [0.29, 0.717) is 57.1 Å². The molecule has 24 heteroatoms. The third-order valence-electron chi connectivity index (χ3n) is 14.3. The van der Waals surface area contributed by atoms with E-state index in [-0.39, 0.29) is 88.3 Å². The lowest BCUT2D eigenvalue weighted by Gasteiger charge is -2.28. The normalized spacial score (nSPS) is 25.0. The molecule has 2 saturated heterocycles. The van der Waals surface area contributed by atoms with Crippen molar-refractivity contribution in [1.29, 1.82) is 0 Å². The molecule has 12 atom stereocenters. The average molecular weight is 1030 g/mol. The maximum absolute atomic E-state index is 14.4. The molecular formula is C49H76N12O12. The van der Waals surface area contributed by atoms with Crippen molar-refractivity contribution >= 4 is 59.1 Å². The largest absolute Gasteiger partial charge is 0.508 e. The number of hydrogen-bond acceptors (Lipinski definition) is 14. The van der Waals surface area contributed by atoms with Crippen LogP contribution in [-0.2, 0) is 54.4 Å². The molecule has 2 saturated carbocycles. The Bertz CT molecular complexity index is 2130. The Morgan fingerprint density at radius 3 is 1.53 bits per heavy atom. The molecule has 4 fully saturated rings. The minimum atomic E-state index is -1.19. The van der Waals surface area contributed by atoms with Gasteiger partial charge in [0.15, 0.2) is 0 Å². The van der Waals surface area contributed by atoms with Crippen LogP contribution in [0.25, 0.3) is 0 Å². The highest BCUT2D eigenvalue weighted by Crippen LogP contribution is 2.28. The zero-order valence-corrected chi connectivity index (χ0v) is 41.8. The van der Waals surface area contributed by atoms with Gasteiger partial charge in [-0.3, -0.25) is 47.9 Å². The molecule has 73 heavy (non-hydrogen) atoms. The van der Waals surface area contributed by atoms with E-state index >= 15 is 0 Å². The zero-order chi connectivity index (χ0) is 53.2. The summed E-state index contributed by atoms with van der Waals surface area (Å²) >= 11 is 0. The van der Waals surface area contributed by atoms with Crippen LogP contribution >= 0.6 is 0 Å². The fraction of sp³-hybridized carbons (Fsp3) is 0.673. The van der Waals surface area contributed by atoms with Crippen LogP contribution in [0.1, 0.15) is 103 Å². The number of carbonyl (C=O) groups excluding carboxylic acids is 9. The molecule has 1 aromatic rings. The first-order valence-corrected chi connectivity index (χ1v) is 25.6. The summed E-state index contributed by atoms with van der Waals surface area (Å²) in [4.78, 5) is 132. The second-order valence-corrected chi connectivity index (χ2v) is 19.9. The Labute approximate surface area is 424 Å². The highest BCUT2D eigenvalue weighted by atomic mass is 16.4. The Hall–Kier alpha value is -6.40. The second-order valence-electron chi connectivity index (χ2n) is 19.9. The standard InChI is InChI=1S/C49H76N12O12/c1-26(42(51)66)54-45(69)32-22-52-24-39(32)60-47(71)36(11-3-4-15-41(64)65)57-44(68)31-10-8-14-35(31)56-49(73)38(21-28-16-18-29(63)19-17-28)59-46(70)33-23-53-25-40(33)61-48(72)37(12-5-6-20-50)58-43(67)30-9-7-13-34(30)55-27(2)62/h16-19,26,30-40,52-53,63H,3-15,20-25,50H2,1-2H3,(H2,51,66)(H,54,69)(H,55,62)(H,56,73)(H,57,68)(H,58,67)(H,59,70)(H,60,71)(H,61,72)(H,64,65)/t26-,30?,31?,32?,33?,34?,35?,36-,37-,38-,39?,40?/m0/s1. The highest BCUT2D eigenvalue weighted by Gasteiger charge is 2.42. The van der Waals surface area contributed by atoms with Crippen molar-refractivity contribution < 1.29 is 58.2 Å². The molecule has 9 amide bonds. The molecule has 0 radical (unpaired) electrons. The predicted octanol–water partition coefficient (Wildman–Crippen LogP) is -2.85. The molecule has 0 aromatic heterocycles. The van der Waals surface area contributed by atoms with Crippen molar-refractivity contribution in [1.82, 2.24) is 53.2 Å². The minimum absolute atomic E-state index is 0.00792. The molecule has 16 N–H and O–H groups in total. The molecule has 4 aliphatic rings. The van der Waals surface area contributed by atoms with Gasteiger partial charge in [0.05, 0.1) is 35.8 Å². The first kappa shape index (κ1) is 57.5. The first-order chi connectivity index (χ1) is 34.8. The van der Waals surface area contributed by atoms with Gasteiger partial charge in [-0.2, -0.15) is 0 Å². The molecule has 0 bridgehead atoms. The van der Waals surface area contributed by atoms with Crippen molar-refractivity contribution in [2.45, 2.75) is 152 Å². The average Bonchev–Trinajstić information content (AvgIpc) is 4.19. The van der Waals surface area contributed by atoms with E-state index < -0.39 is 113 Å². The molecule has 2 aliphatic heterocycles. The van der Waals surface area contributed by atoms with Crippen LogP contribution in [-0.4, -0.2) is 150 Å². The number of hydrogen-bond donors (Lipinski definition) is 14. The monoisotopic (exact) mass is 1020 g/mol. The van der Waals surface area contributed by atoms with Crippen molar-refractivity contribution in [3.05, 3.63) is 29.8 Å². The number of aromatic hydroxyl groups is 1. The van der Waals surface area contributed by atoms with E-state index in [1.807, 2.05) is 0 Å². The maximum atomic E-state index is 14.4. The van der Waals surface area contributed by atoms with Crippen LogP contribution in [0, 0.1) is 23.7 Å². The lowest BCUT2D eigenvalue weighted by Crippen LogP contribution is -2.58. The predicted molar refractivity (Wildman–Crippen MR) is 264 cm³/mol. The number of amides is 9. The Morgan fingerprint density at radius 2 is 1.04 bits per heavy atom. The van der Waals surface area contributed by atoms with Gasteiger partial charge in [-0.15, -0.1) is 0 Å². The molecule has 404 valence electrons. The van der Waals surface area contributed by atoms with Crippen LogP contribution in [0.2, 0.25) is 0 Å². The summed E-state index contributed by atoms with van der Waals surface area (Å²) in [6.45, 7) is 4.02. The third-order valence-corrected chi connectivity index (χ3v) is 14.3. The van der Waals surface area contributed by atoms with Gasteiger partial charge in [-0.05, 0) is 89.0 Å². The Kier molecular flexibility index (Phi) is 22.2. The number of nitrogens with one attached hydrogen (secondary N) is 10. The first-order valence-electron chi connectivity index (χ1n) is 25.6. The number of aliphatic carboxylic acids is 1. The van der Waals surface area contributed by atoms with Gasteiger partial charge < -0.3 is 74.8 Å². The van der Waals surface area contributed by atoms with E-state index in [0.717, 1.165) is 6.42 Å². The smallest absolute Gasteiger partial charge is 0.303 e. The third kappa shape index (κ3) is 17.4. The summed E-state index contributed by atoms with van der Waals surface area (Å²) in [7, 11) is 0. The number of benzene rings is 1. The Morgan fingerprint density at radius 1 is 0.589 bits per heavy atom. The maximum Gasteiger partial charge on any atom is 0.303 e. The molecule has 2 heterocycles. The number of unbranched alkanes of at least 4 members (excludes halogenated alkanes) is 2. The van der Waals surface area contributed by atoms with Crippen LogP contribution in [0.3, 0.4) is 0 Å². The van der Waals surface area contributed by atoms with Crippen molar-refractivity contribution in [3.8, 4) is 5.75 Å². The quantitative estimate of drug-likeness (QED) is 0.0395. The van der Waals surface area contributed by atoms with Crippen LogP contribution in [0.15, 0.2) is 24.3 Å². The van der Waals surface area contributed by atoms with Gasteiger partial charge in [-0.1, -0.05) is 31.4 Å². The number of rotatable bonds is 27. The number of phenolic OH excluding ortho intramolecular Hbond substituents is 1. The fourth-order valence-corrected chi connectivity index (χ4v) is 10.2. The molecule has 0 spiro atoms. The lowest BCUT2D eigenvalue weighted by molar-refractivity contribution is -0.137. The Balaban J connectivity index is 1.26. The summed E-state index contributed by atoms with van der Waals surface area (Å²) in [6, 6.07) is -0.602. The summed E-state index contributed by atoms with van der Waals surface area (Å²) in [5, 5.41) is 48.1. The van der Waals surface area contributed by atoms with Gasteiger partial charge >= 0.3 is 5.97 Å². The highest BCUT2D eigenvalue weighted by molar-refractivity contribution is 5.93. The molecule has 8 unspecified atom stereocenters. The van der Waals surface area contributed by atoms with Gasteiger partial charge in [0.1, 0.15) is 29.9 Å². The number of carbonyl (C=O) groups is 10. The number of carboxylic acid groups (broad SMARTS) is 1. The summed E-state index contributed by atoms with van der Waals surface area (Å²) in [5.41, 5.74) is 11.7. The van der Waals surface area contributed by atoms with Gasteiger partial charge in [0, 0.05) is 58.0 Å². The number of phenols is 1. The van der Waals surface area contributed by atoms with Gasteiger partial charge in [0.25, 0.3) is 0 Å². The van der Waals surface area contributed by atoms with Crippen molar-refractivity contribution in [2.24, 2.45) is 35.1 Å². The van der Waals surface area contributed by atoms with E-state index in [1.54, 1.807) is 12.1 Å². The number of carboxylic acids is 1. The van der Waals surface area contributed by atoms with E-state index in [2.05, 4.69) is 53.2 Å². The van der Waals surface area contributed by atoms with E-state index in [4.69, 9.17) is 11.5 Å². The molecular weight excluding hydrogens is 949 g/mol. The molecule has 1 aromatic carbocycles. The van der Waals surface area contributed by atoms with Crippen molar-refractivity contribution in [3.63, 3.8) is 0 Å². The summed E-state index contributed by atoms with van der Waals surface area (Å²) < 4.78 is 0. The minimum Gasteiger partial charge on any atom is -0.508 e. The molecule has 24 nitrogen and oxygen atoms in total. The fourth-order valence-electron chi connectivity index (χ4n) is 10.2. The lowest BCUT2D eigenvalue weighted by atomic mass is 9.97. The van der Waals surface area contributed by atoms with Crippen LogP contribution in [0.4, 0.5) is 0 Å². The second kappa shape index (κ2) is 28.2. The van der Waals surface area contributed by atoms with Gasteiger partial charge in [-0.25, -0.2) is 0 Å².